The lowest BCUT2D eigenvalue weighted by molar-refractivity contribution is -0.115. The zero-order valence-electron chi connectivity index (χ0n) is 22.0. The Morgan fingerprint density at radius 1 is 1.00 bits per heavy atom. The molecule has 3 N–H and O–H groups in total. The zero-order valence-corrected chi connectivity index (χ0v) is 22.0. The van der Waals surface area contributed by atoms with Gasteiger partial charge in [0.25, 0.3) is 0 Å². The van der Waals surface area contributed by atoms with E-state index < -0.39 is 5.97 Å². The predicted molar refractivity (Wildman–Crippen MR) is 148 cm³/mol. The van der Waals surface area contributed by atoms with Crippen molar-refractivity contribution in [2.45, 2.75) is 19.5 Å². The van der Waals surface area contributed by atoms with E-state index in [0.717, 1.165) is 11.1 Å². The highest BCUT2D eigenvalue weighted by atomic mass is 16.5. The lowest BCUT2D eigenvalue weighted by atomic mass is 10.1. The van der Waals surface area contributed by atoms with E-state index >= 15 is 0 Å². The van der Waals surface area contributed by atoms with Gasteiger partial charge in [-0.1, -0.05) is 42.5 Å². The third-order valence-corrected chi connectivity index (χ3v) is 6.02. The molecule has 0 atom stereocenters. The van der Waals surface area contributed by atoms with Gasteiger partial charge in [-0.05, 0) is 29.3 Å². The molecule has 4 aromatic rings. The molecule has 0 bridgehead atoms. The molecule has 0 saturated carbocycles. The van der Waals surface area contributed by atoms with Crippen molar-refractivity contribution in [1.82, 2.24) is 9.55 Å². The molecule has 0 aliphatic heterocycles. The van der Waals surface area contributed by atoms with Crippen molar-refractivity contribution in [3.8, 4) is 5.75 Å². The molecular weight excluding hydrogens is 500 g/mol. The number of carbonyl (C=O) groups excluding carboxylic acids is 2. The maximum absolute atomic E-state index is 13.1. The van der Waals surface area contributed by atoms with Crippen LogP contribution in [0.25, 0.3) is 11.0 Å². The van der Waals surface area contributed by atoms with Gasteiger partial charge < -0.3 is 34.5 Å². The van der Waals surface area contributed by atoms with E-state index in [1.165, 1.54) is 7.11 Å². The van der Waals surface area contributed by atoms with Crippen LogP contribution in [0.4, 0.5) is 11.4 Å². The highest BCUT2D eigenvalue weighted by Crippen LogP contribution is 2.33. The first-order chi connectivity index (χ1) is 19.0. The number of carbonyl (C=O) groups is 2. The summed E-state index contributed by atoms with van der Waals surface area (Å²) in [5.74, 6) is -0.193. The first kappa shape index (κ1) is 27.6. The van der Waals surface area contributed by atoms with Crippen LogP contribution in [0.1, 0.15) is 21.6 Å². The van der Waals surface area contributed by atoms with Crippen LogP contribution in [-0.2, 0) is 33.8 Å². The number of hydrogen-bond donors (Lipinski definition) is 3. The van der Waals surface area contributed by atoms with E-state index in [2.05, 4.69) is 15.6 Å². The van der Waals surface area contributed by atoms with Crippen LogP contribution in [-0.4, -0.2) is 60.6 Å². The number of nitrogens with zero attached hydrogens (tertiary/aromatic N) is 2. The predicted octanol–water partition coefficient (Wildman–Crippen LogP) is 3.63. The molecule has 39 heavy (non-hydrogen) atoms. The van der Waals surface area contributed by atoms with E-state index in [4.69, 9.17) is 19.3 Å². The molecule has 0 saturated heterocycles. The molecule has 0 unspecified atom stereocenters. The second-order valence-electron chi connectivity index (χ2n) is 8.74. The van der Waals surface area contributed by atoms with Crippen LogP contribution in [0.3, 0.4) is 0 Å². The molecule has 4 rings (SSSR count). The third-order valence-electron chi connectivity index (χ3n) is 6.02. The Balaban J connectivity index is 1.67. The number of rotatable bonds is 13. The van der Waals surface area contributed by atoms with Crippen molar-refractivity contribution in [2.24, 2.45) is 0 Å². The Morgan fingerprint density at radius 3 is 2.54 bits per heavy atom. The molecule has 0 radical (unpaired) electrons. The lowest BCUT2D eigenvalue weighted by Gasteiger charge is -2.10. The van der Waals surface area contributed by atoms with Crippen molar-refractivity contribution in [2.75, 3.05) is 44.7 Å². The average molecular weight is 533 g/mol. The number of methoxy groups -OCH3 is 2. The molecule has 2 aromatic carbocycles. The monoisotopic (exact) mass is 532 g/mol. The third kappa shape index (κ3) is 6.92. The average Bonchev–Trinajstić information content (AvgIpc) is 3.26. The largest absolute Gasteiger partial charge is 0.491 e. The molecule has 204 valence electrons. The van der Waals surface area contributed by atoms with Gasteiger partial charge in [-0.3, -0.25) is 4.79 Å². The van der Waals surface area contributed by atoms with Gasteiger partial charge in [-0.25, -0.2) is 9.78 Å². The fourth-order valence-electron chi connectivity index (χ4n) is 4.24. The molecule has 10 nitrogen and oxygen atoms in total. The number of nitrogens with one attached hydrogen (secondary N) is 2. The second-order valence-corrected chi connectivity index (χ2v) is 8.74. The summed E-state index contributed by atoms with van der Waals surface area (Å²) in [7, 11) is 2.88. The van der Waals surface area contributed by atoms with Gasteiger partial charge in [0.1, 0.15) is 18.0 Å². The summed E-state index contributed by atoms with van der Waals surface area (Å²) in [4.78, 5) is 30.6. The number of esters is 1. The number of aromatic nitrogens is 2. The smallest absolute Gasteiger partial charge is 0.356 e. The van der Waals surface area contributed by atoms with E-state index in [1.807, 2.05) is 60.7 Å². The fourth-order valence-corrected chi connectivity index (χ4v) is 4.24. The molecule has 0 fully saturated rings. The van der Waals surface area contributed by atoms with Crippen molar-refractivity contribution in [1.29, 1.82) is 0 Å². The standard InChI is InChI=1S/C29H32N4O6/c1-37-13-11-33-27(29(36)38-2)26(32-25(35)16-20-7-4-3-5-8-20)24-17-22(19-31-28(24)33)30-18-21-9-6-10-23(15-21)39-14-12-34/h3-10,15,17,19,30,34H,11-14,16,18H2,1-2H3,(H,32,35). The van der Waals surface area contributed by atoms with Gasteiger partial charge in [-0.2, -0.15) is 0 Å². The molecule has 0 spiro atoms. The van der Waals surface area contributed by atoms with Crippen LogP contribution in [0.2, 0.25) is 0 Å². The Kier molecular flexibility index (Phi) is 9.49. The fraction of sp³-hybridized carbons (Fsp3) is 0.276. The summed E-state index contributed by atoms with van der Waals surface area (Å²) in [5, 5.41) is 15.9. The van der Waals surface area contributed by atoms with Gasteiger partial charge in [-0.15, -0.1) is 0 Å². The molecule has 2 heterocycles. The van der Waals surface area contributed by atoms with Gasteiger partial charge in [0.2, 0.25) is 5.91 Å². The van der Waals surface area contributed by atoms with Crippen molar-refractivity contribution in [3.05, 3.63) is 83.7 Å². The first-order valence-corrected chi connectivity index (χ1v) is 12.5. The van der Waals surface area contributed by atoms with E-state index in [-0.39, 0.29) is 31.2 Å². The second kappa shape index (κ2) is 13.4. The minimum Gasteiger partial charge on any atom is -0.491 e. The summed E-state index contributed by atoms with van der Waals surface area (Å²) in [6.45, 7) is 1.32. The summed E-state index contributed by atoms with van der Waals surface area (Å²) >= 11 is 0. The Hall–Kier alpha value is -4.41. The summed E-state index contributed by atoms with van der Waals surface area (Å²) in [6.07, 6.45) is 1.82. The normalized spacial score (nSPS) is 10.8. The van der Waals surface area contributed by atoms with Gasteiger partial charge in [0.15, 0.2) is 5.69 Å². The topological polar surface area (TPSA) is 124 Å². The molecule has 0 aliphatic carbocycles. The van der Waals surface area contributed by atoms with Crippen molar-refractivity contribution < 1.29 is 28.9 Å². The number of ether oxygens (including phenoxy) is 3. The molecule has 2 aromatic heterocycles. The van der Waals surface area contributed by atoms with Gasteiger partial charge in [0.05, 0.1) is 44.3 Å². The summed E-state index contributed by atoms with van der Waals surface area (Å²) in [6, 6.07) is 18.8. The molecule has 10 heteroatoms. The number of pyridine rings is 1. The Morgan fingerprint density at radius 2 is 1.79 bits per heavy atom. The van der Waals surface area contributed by atoms with E-state index in [0.29, 0.717) is 47.9 Å². The number of amides is 1. The highest BCUT2D eigenvalue weighted by Gasteiger charge is 2.26. The van der Waals surface area contributed by atoms with Crippen molar-refractivity contribution >= 4 is 34.3 Å². The molecular formula is C29H32N4O6. The number of fused-ring (bicyclic) bond motifs is 1. The first-order valence-electron chi connectivity index (χ1n) is 12.5. The van der Waals surface area contributed by atoms with Gasteiger partial charge >= 0.3 is 5.97 Å². The van der Waals surface area contributed by atoms with Crippen LogP contribution in [0.5, 0.6) is 5.75 Å². The van der Waals surface area contributed by atoms with Crippen LogP contribution < -0.4 is 15.4 Å². The number of hydrogen-bond acceptors (Lipinski definition) is 8. The number of anilines is 2. The van der Waals surface area contributed by atoms with E-state index in [1.54, 1.807) is 17.9 Å². The lowest BCUT2D eigenvalue weighted by Crippen LogP contribution is -2.19. The maximum Gasteiger partial charge on any atom is 0.356 e. The zero-order chi connectivity index (χ0) is 27.6. The molecule has 1 amide bonds. The van der Waals surface area contributed by atoms with E-state index in [9.17, 15) is 9.59 Å². The van der Waals surface area contributed by atoms with Crippen LogP contribution in [0, 0.1) is 0 Å². The molecule has 0 aliphatic rings. The highest BCUT2D eigenvalue weighted by molar-refractivity contribution is 6.11. The Bertz CT molecular complexity index is 1420. The van der Waals surface area contributed by atoms with Crippen LogP contribution >= 0.6 is 0 Å². The minimum absolute atomic E-state index is 0.0596. The van der Waals surface area contributed by atoms with Gasteiger partial charge in [0, 0.05) is 25.6 Å². The van der Waals surface area contributed by atoms with Crippen molar-refractivity contribution in [3.63, 3.8) is 0 Å². The number of benzene rings is 2. The summed E-state index contributed by atoms with van der Waals surface area (Å²) in [5.41, 5.74) is 3.57. The Labute approximate surface area is 226 Å². The minimum atomic E-state index is -0.590. The SMILES string of the molecule is COCCn1c(C(=O)OC)c(NC(=O)Cc2ccccc2)c2cc(NCc3cccc(OCCO)c3)cnc21. The van der Waals surface area contributed by atoms with Crippen LogP contribution in [0.15, 0.2) is 66.9 Å². The summed E-state index contributed by atoms with van der Waals surface area (Å²) < 4.78 is 17.5. The maximum atomic E-state index is 13.1. The number of aliphatic hydroxyl groups is 1. The number of aliphatic hydroxyl groups excluding tert-OH is 1. The quantitative estimate of drug-likeness (QED) is 0.223.